The van der Waals surface area contributed by atoms with E-state index >= 15 is 0 Å². The Balaban J connectivity index is 1.30. The Labute approximate surface area is 189 Å². The number of halogens is 2. The number of carbonyl (C=O) groups excluding carboxylic acids is 1. The summed E-state index contributed by atoms with van der Waals surface area (Å²) in [7, 11) is 0. The molecule has 0 saturated carbocycles. The molecule has 2 aromatic carbocycles. The minimum Gasteiger partial charge on any atom is -0.441 e. The highest BCUT2D eigenvalue weighted by molar-refractivity contribution is 6.42. The largest absolute Gasteiger partial charge is 0.441 e. The molecule has 0 unspecified atom stereocenters. The molecule has 0 spiro atoms. The number of nitrogens with one attached hydrogen (secondary N) is 1. The molecule has 0 radical (unpaired) electrons. The van der Waals surface area contributed by atoms with Crippen molar-refractivity contribution in [1.82, 2.24) is 14.8 Å². The predicted octanol–water partition coefficient (Wildman–Crippen LogP) is 5.85. The topological polar surface area (TPSA) is 73.0 Å². The lowest BCUT2D eigenvalue weighted by Crippen LogP contribution is -2.16. The number of benzene rings is 2. The second-order valence-corrected chi connectivity index (χ2v) is 7.76. The monoisotopic (exact) mass is 454 g/mol. The van der Waals surface area contributed by atoms with Gasteiger partial charge < -0.3 is 9.73 Å². The van der Waals surface area contributed by atoms with Crippen LogP contribution in [0.4, 0.5) is 5.82 Å². The molecule has 1 amide bonds. The van der Waals surface area contributed by atoms with Crippen molar-refractivity contribution in [2.75, 3.05) is 5.32 Å². The average molecular weight is 455 g/mol. The molecule has 2 aromatic heterocycles. The summed E-state index contributed by atoms with van der Waals surface area (Å²) < 4.78 is 7.46. The zero-order valence-electron chi connectivity index (χ0n) is 16.6. The number of hydrogen-bond donors (Lipinski definition) is 1. The lowest BCUT2D eigenvalue weighted by Gasteiger charge is -2.10. The van der Waals surface area contributed by atoms with Gasteiger partial charge in [-0.2, -0.15) is 5.10 Å². The zero-order valence-corrected chi connectivity index (χ0v) is 18.1. The minimum atomic E-state index is -0.103. The number of aryl methyl sites for hydroxylation is 1. The van der Waals surface area contributed by atoms with Gasteiger partial charge in [-0.15, -0.1) is 0 Å². The van der Waals surface area contributed by atoms with Crippen LogP contribution in [0.1, 0.15) is 24.3 Å². The fraction of sp³-hybridized carbons (Fsp3) is 0.174. The highest BCUT2D eigenvalue weighted by atomic mass is 35.5. The second-order valence-electron chi connectivity index (χ2n) is 6.97. The van der Waals surface area contributed by atoms with Crippen LogP contribution in [0.2, 0.25) is 10.0 Å². The van der Waals surface area contributed by atoms with Gasteiger partial charge in [0.15, 0.2) is 11.7 Å². The van der Waals surface area contributed by atoms with Crippen LogP contribution < -0.4 is 5.32 Å². The molecule has 1 N–H and O–H groups in total. The molecule has 158 valence electrons. The first-order chi connectivity index (χ1) is 15.1. The van der Waals surface area contributed by atoms with E-state index in [2.05, 4.69) is 15.4 Å². The summed E-state index contributed by atoms with van der Waals surface area (Å²) in [6, 6.07) is 17.0. The van der Waals surface area contributed by atoms with Crippen molar-refractivity contribution in [3.63, 3.8) is 0 Å². The van der Waals surface area contributed by atoms with Crippen LogP contribution in [0.3, 0.4) is 0 Å². The molecule has 0 aliphatic heterocycles. The number of hydrogen-bond acceptors (Lipinski definition) is 4. The van der Waals surface area contributed by atoms with Gasteiger partial charge in [0.1, 0.15) is 5.82 Å². The molecule has 31 heavy (non-hydrogen) atoms. The molecule has 0 bridgehead atoms. The van der Waals surface area contributed by atoms with E-state index in [0.717, 1.165) is 16.9 Å². The van der Waals surface area contributed by atoms with Crippen molar-refractivity contribution < 1.29 is 9.21 Å². The van der Waals surface area contributed by atoms with E-state index in [0.29, 0.717) is 47.6 Å². The van der Waals surface area contributed by atoms with E-state index in [1.54, 1.807) is 29.2 Å². The van der Waals surface area contributed by atoms with Crippen LogP contribution in [0.15, 0.2) is 71.4 Å². The van der Waals surface area contributed by atoms with E-state index in [-0.39, 0.29) is 5.91 Å². The summed E-state index contributed by atoms with van der Waals surface area (Å²) in [4.78, 5) is 16.7. The normalized spacial score (nSPS) is 10.9. The van der Waals surface area contributed by atoms with Crippen molar-refractivity contribution in [2.24, 2.45) is 0 Å². The quantitative estimate of drug-likeness (QED) is 0.362. The van der Waals surface area contributed by atoms with Crippen LogP contribution in [0.5, 0.6) is 0 Å². The van der Waals surface area contributed by atoms with E-state index in [4.69, 9.17) is 27.6 Å². The van der Waals surface area contributed by atoms with Crippen molar-refractivity contribution in [2.45, 2.75) is 25.8 Å². The Bertz CT molecular complexity index is 1170. The lowest BCUT2D eigenvalue weighted by molar-refractivity contribution is -0.116. The van der Waals surface area contributed by atoms with Crippen molar-refractivity contribution in [3.8, 4) is 11.3 Å². The maximum absolute atomic E-state index is 12.4. The molecule has 0 saturated heterocycles. The maximum Gasteiger partial charge on any atom is 0.225 e. The summed E-state index contributed by atoms with van der Waals surface area (Å²) in [5, 5.41) is 8.14. The third-order valence-corrected chi connectivity index (χ3v) is 5.60. The first-order valence-electron chi connectivity index (χ1n) is 9.85. The number of aromatic nitrogens is 3. The van der Waals surface area contributed by atoms with Crippen LogP contribution >= 0.6 is 23.2 Å². The fourth-order valence-electron chi connectivity index (χ4n) is 3.16. The fourth-order valence-corrected chi connectivity index (χ4v) is 3.54. The molecule has 0 aliphatic rings. The summed E-state index contributed by atoms with van der Waals surface area (Å²) >= 11 is 12.3. The van der Waals surface area contributed by atoms with E-state index in [9.17, 15) is 4.79 Å². The summed E-state index contributed by atoms with van der Waals surface area (Å²) in [6.07, 6.45) is 4.88. The van der Waals surface area contributed by atoms with Crippen LogP contribution in [0.25, 0.3) is 11.3 Å². The number of rotatable bonds is 8. The van der Waals surface area contributed by atoms with Crippen molar-refractivity contribution >= 4 is 34.9 Å². The van der Waals surface area contributed by atoms with Crippen molar-refractivity contribution in [1.29, 1.82) is 0 Å². The summed E-state index contributed by atoms with van der Waals surface area (Å²) in [5.74, 6) is 1.84. The van der Waals surface area contributed by atoms with Gasteiger partial charge >= 0.3 is 0 Å². The third kappa shape index (κ3) is 5.34. The number of anilines is 1. The first-order valence-corrected chi connectivity index (χ1v) is 10.6. The predicted molar refractivity (Wildman–Crippen MR) is 121 cm³/mol. The van der Waals surface area contributed by atoms with Gasteiger partial charge in [0, 0.05) is 24.5 Å². The number of nitrogens with zero attached hydrogens (tertiary/aromatic N) is 3. The van der Waals surface area contributed by atoms with Crippen LogP contribution in [-0.2, 0) is 17.8 Å². The molecule has 4 aromatic rings. The molecule has 2 heterocycles. The maximum atomic E-state index is 12.4. The van der Waals surface area contributed by atoms with Gasteiger partial charge in [-0.1, -0.05) is 65.7 Å². The Morgan fingerprint density at radius 2 is 1.90 bits per heavy atom. The van der Waals surface area contributed by atoms with E-state index in [1.807, 2.05) is 42.5 Å². The third-order valence-electron chi connectivity index (χ3n) is 4.74. The standard InChI is InChI=1S/C23H20Cl2N4O2/c24-18-9-4-8-17(23(18)25)15-29-20(12-13-27-29)28-21(30)10-5-11-22-26-14-19(31-22)16-6-2-1-3-7-16/h1-4,6-9,12-14H,5,10-11,15H2,(H,28,30). The molecule has 0 aliphatic carbocycles. The van der Waals surface area contributed by atoms with Gasteiger partial charge in [0.05, 0.1) is 29.0 Å². The summed E-state index contributed by atoms with van der Waals surface area (Å²) in [5.41, 5.74) is 1.80. The van der Waals surface area contributed by atoms with Crippen molar-refractivity contribution in [3.05, 3.63) is 88.5 Å². The van der Waals surface area contributed by atoms with Gasteiger partial charge in [-0.05, 0) is 18.1 Å². The first kappa shape index (κ1) is 21.2. The van der Waals surface area contributed by atoms with Gasteiger partial charge in [0.2, 0.25) is 5.91 Å². The lowest BCUT2D eigenvalue weighted by atomic mass is 10.2. The van der Waals surface area contributed by atoms with Crippen LogP contribution in [-0.4, -0.2) is 20.7 Å². The Kier molecular flexibility index (Phi) is 6.70. The number of oxazole rings is 1. The number of amides is 1. The smallest absolute Gasteiger partial charge is 0.225 e. The van der Waals surface area contributed by atoms with E-state index < -0.39 is 0 Å². The minimum absolute atomic E-state index is 0.103. The zero-order chi connectivity index (χ0) is 21.6. The molecular formula is C23H20Cl2N4O2. The Morgan fingerprint density at radius 3 is 2.74 bits per heavy atom. The van der Waals surface area contributed by atoms with Gasteiger partial charge in [-0.25, -0.2) is 9.67 Å². The highest BCUT2D eigenvalue weighted by Gasteiger charge is 2.12. The molecule has 0 atom stereocenters. The van der Waals surface area contributed by atoms with Gasteiger partial charge in [-0.3, -0.25) is 4.79 Å². The SMILES string of the molecule is O=C(CCCc1ncc(-c2ccccc2)o1)Nc1ccnn1Cc1cccc(Cl)c1Cl. The van der Waals surface area contributed by atoms with Crippen LogP contribution in [0, 0.1) is 0 Å². The highest BCUT2D eigenvalue weighted by Crippen LogP contribution is 2.27. The molecule has 6 nitrogen and oxygen atoms in total. The average Bonchev–Trinajstić information content (AvgIpc) is 3.42. The molecule has 8 heteroatoms. The van der Waals surface area contributed by atoms with E-state index in [1.165, 1.54) is 0 Å². The Hall–Kier alpha value is -3.09. The van der Waals surface area contributed by atoms with Gasteiger partial charge in [0.25, 0.3) is 0 Å². The number of carbonyl (C=O) groups is 1. The second kappa shape index (κ2) is 9.81. The molecular weight excluding hydrogens is 435 g/mol. The Morgan fingerprint density at radius 1 is 1.06 bits per heavy atom. The summed E-state index contributed by atoms with van der Waals surface area (Å²) in [6.45, 7) is 0.403. The molecule has 4 rings (SSSR count). The molecule has 0 fully saturated rings.